The highest BCUT2D eigenvalue weighted by molar-refractivity contribution is 5.62. The first-order valence-corrected chi connectivity index (χ1v) is 15.9. The van der Waals surface area contributed by atoms with Crippen LogP contribution in [-0.4, -0.2) is 15.3 Å². The Morgan fingerprint density at radius 1 is 0.500 bits per heavy atom. The molecule has 0 aliphatic carbocycles. The Morgan fingerprint density at radius 2 is 0.833 bits per heavy atom. The van der Waals surface area contributed by atoms with E-state index in [-0.39, 0.29) is 28.1 Å². The molecule has 0 bridgehead atoms. The summed E-state index contributed by atoms with van der Waals surface area (Å²) >= 11 is 0. The molecule has 0 aromatic heterocycles. The van der Waals surface area contributed by atoms with Gasteiger partial charge in [0.1, 0.15) is 17.2 Å². The topological polar surface area (TPSA) is 60.7 Å². The van der Waals surface area contributed by atoms with E-state index in [1.165, 1.54) is 0 Å². The Bertz CT molecular complexity index is 1290. The summed E-state index contributed by atoms with van der Waals surface area (Å²) < 4.78 is 0. The molecule has 3 aromatic rings. The molecule has 0 aliphatic heterocycles. The predicted molar refractivity (Wildman–Crippen MR) is 178 cm³/mol. The van der Waals surface area contributed by atoms with Gasteiger partial charge in [-0.2, -0.15) is 0 Å². The lowest BCUT2D eigenvalue weighted by Crippen LogP contribution is -2.44. The molecule has 230 valence electrons. The number of phenols is 3. The zero-order valence-electron chi connectivity index (χ0n) is 28.2. The van der Waals surface area contributed by atoms with Gasteiger partial charge in [-0.05, 0) is 56.6 Å². The summed E-state index contributed by atoms with van der Waals surface area (Å²) in [5.74, 6) is 0.802. The van der Waals surface area contributed by atoms with Gasteiger partial charge in [-0.1, -0.05) is 134 Å². The number of phenolic OH excluding ortho intramolecular Hbond substituents is 3. The molecule has 0 saturated heterocycles. The molecule has 0 saturated carbocycles. The molecule has 3 aromatic carbocycles. The third-order valence-corrected chi connectivity index (χ3v) is 9.77. The molecule has 3 rings (SSSR count). The maximum absolute atomic E-state index is 12.8. The Labute approximate surface area is 256 Å². The van der Waals surface area contributed by atoms with E-state index in [0.717, 1.165) is 77.5 Å². The molecular formula is C39H56O3. The highest BCUT2D eigenvalue weighted by Crippen LogP contribution is 2.60. The monoisotopic (exact) mass is 572 g/mol. The van der Waals surface area contributed by atoms with Gasteiger partial charge >= 0.3 is 0 Å². The molecule has 0 spiro atoms. The molecule has 0 fully saturated rings. The van der Waals surface area contributed by atoms with E-state index in [1.54, 1.807) is 12.1 Å². The maximum atomic E-state index is 12.8. The summed E-state index contributed by atoms with van der Waals surface area (Å²) in [5, 5.41) is 35.7. The van der Waals surface area contributed by atoms with Crippen molar-refractivity contribution in [3.63, 3.8) is 0 Å². The van der Waals surface area contributed by atoms with Gasteiger partial charge < -0.3 is 15.3 Å². The van der Waals surface area contributed by atoms with Crippen molar-refractivity contribution < 1.29 is 15.3 Å². The van der Waals surface area contributed by atoms with Crippen LogP contribution in [0.1, 0.15) is 133 Å². The SMILES string of the molecule is CCCCC(c1cc(C)ccc1O)(c1cc(C)cc(C(CCCC)(c2cc(C)ccc2O)C(C)(C)C)c1O)C(C)(C)C. The quantitative estimate of drug-likeness (QED) is 0.226. The van der Waals surface area contributed by atoms with Gasteiger partial charge in [-0.3, -0.25) is 0 Å². The molecule has 2 unspecified atom stereocenters. The Kier molecular flexibility index (Phi) is 9.87. The first kappa shape index (κ1) is 33.6. The van der Waals surface area contributed by atoms with Gasteiger partial charge in [-0.25, -0.2) is 0 Å². The lowest BCUT2D eigenvalue weighted by atomic mass is 9.53. The summed E-state index contributed by atoms with van der Waals surface area (Å²) in [6, 6.07) is 16.0. The van der Waals surface area contributed by atoms with E-state index in [4.69, 9.17) is 0 Å². The van der Waals surface area contributed by atoms with Crippen molar-refractivity contribution in [2.24, 2.45) is 10.8 Å². The Morgan fingerprint density at radius 3 is 1.14 bits per heavy atom. The van der Waals surface area contributed by atoms with Crippen molar-refractivity contribution in [3.8, 4) is 17.2 Å². The molecule has 3 N–H and O–H groups in total. The molecule has 42 heavy (non-hydrogen) atoms. The van der Waals surface area contributed by atoms with E-state index in [0.29, 0.717) is 0 Å². The smallest absolute Gasteiger partial charge is 0.123 e. The van der Waals surface area contributed by atoms with Crippen molar-refractivity contribution >= 4 is 0 Å². The first-order valence-electron chi connectivity index (χ1n) is 15.9. The van der Waals surface area contributed by atoms with Crippen LogP contribution in [0.2, 0.25) is 0 Å². The minimum absolute atomic E-state index is 0.262. The molecule has 0 radical (unpaired) electrons. The molecule has 3 nitrogen and oxygen atoms in total. The minimum atomic E-state index is -0.660. The largest absolute Gasteiger partial charge is 0.508 e. The summed E-state index contributed by atoms with van der Waals surface area (Å²) in [6.07, 6.45) is 5.48. The normalized spacial score (nSPS) is 15.3. The second-order valence-electron chi connectivity index (χ2n) is 14.8. The van der Waals surface area contributed by atoms with E-state index in [2.05, 4.69) is 100 Å². The van der Waals surface area contributed by atoms with Crippen molar-refractivity contribution in [1.82, 2.24) is 0 Å². The average molecular weight is 573 g/mol. The second-order valence-corrected chi connectivity index (χ2v) is 14.8. The third kappa shape index (κ3) is 5.81. The zero-order valence-corrected chi connectivity index (χ0v) is 28.2. The van der Waals surface area contributed by atoms with Crippen LogP contribution in [0.3, 0.4) is 0 Å². The number of unbranched alkanes of at least 4 members (excludes halogenated alkanes) is 2. The zero-order chi connectivity index (χ0) is 31.7. The number of rotatable bonds is 10. The fourth-order valence-electron chi connectivity index (χ4n) is 7.49. The standard InChI is InChI=1S/C39H56O3/c1-12-14-20-38(36(6,7)8,29-22-26(3)16-18-33(29)40)31-24-28(5)25-32(35(31)42)39(21-15-13-2,37(9,10)11)30-23-27(4)17-19-34(30)41/h16-19,22-25,40-42H,12-15,20-21H2,1-11H3. The van der Waals surface area contributed by atoms with Crippen LogP contribution in [0.5, 0.6) is 17.2 Å². The van der Waals surface area contributed by atoms with Gasteiger partial charge in [0.25, 0.3) is 0 Å². The van der Waals surface area contributed by atoms with E-state index in [9.17, 15) is 15.3 Å². The van der Waals surface area contributed by atoms with Crippen LogP contribution < -0.4 is 0 Å². The van der Waals surface area contributed by atoms with Crippen LogP contribution in [0.4, 0.5) is 0 Å². The van der Waals surface area contributed by atoms with E-state index >= 15 is 0 Å². The number of benzene rings is 3. The fourth-order valence-corrected chi connectivity index (χ4v) is 7.49. The highest BCUT2D eigenvalue weighted by atomic mass is 16.3. The maximum Gasteiger partial charge on any atom is 0.123 e. The fraction of sp³-hybridized carbons (Fsp3) is 0.538. The molecule has 3 heteroatoms. The van der Waals surface area contributed by atoms with Crippen molar-refractivity contribution in [3.05, 3.63) is 87.5 Å². The summed E-state index contributed by atoms with van der Waals surface area (Å²) in [7, 11) is 0. The van der Waals surface area contributed by atoms with Gasteiger partial charge in [0.05, 0.1) is 0 Å². The summed E-state index contributed by atoms with van der Waals surface area (Å²) in [5.41, 5.74) is 4.67. The molecule has 0 amide bonds. The predicted octanol–water partition coefficient (Wildman–Crippen LogP) is 10.8. The number of aromatic hydroxyl groups is 3. The molecule has 2 atom stereocenters. The van der Waals surface area contributed by atoms with Crippen molar-refractivity contribution in [1.29, 1.82) is 0 Å². The minimum Gasteiger partial charge on any atom is -0.508 e. The van der Waals surface area contributed by atoms with Crippen LogP contribution >= 0.6 is 0 Å². The lowest BCUT2D eigenvalue weighted by molar-refractivity contribution is 0.186. The van der Waals surface area contributed by atoms with Crippen LogP contribution in [0, 0.1) is 31.6 Å². The lowest BCUT2D eigenvalue weighted by Gasteiger charge is -2.50. The number of hydrogen-bond acceptors (Lipinski definition) is 3. The second kappa shape index (κ2) is 12.3. The van der Waals surface area contributed by atoms with Gasteiger partial charge in [-0.15, -0.1) is 0 Å². The number of hydrogen-bond donors (Lipinski definition) is 3. The average Bonchev–Trinajstić information content (AvgIpc) is 2.89. The Hall–Kier alpha value is -2.94. The highest BCUT2D eigenvalue weighted by Gasteiger charge is 2.52. The van der Waals surface area contributed by atoms with E-state index < -0.39 is 10.8 Å². The van der Waals surface area contributed by atoms with Crippen molar-refractivity contribution in [2.75, 3.05) is 0 Å². The van der Waals surface area contributed by atoms with Gasteiger partial charge in [0.2, 0.25) is 0 Å². The molecule has 0 aliphatic rings. The summed E-state index contributed by atoms with van der Waals surface area (Å²) in [6.45, 7) is 24.0. The number of aryl methyl sites for hydroxylation is 3. The van der Waals surface area contributed by atoms with Crippen LogP contribution in [0.15, 0.2) is 48.5 Å². The van der Waals surface area contributed by atoms with Crippen molar-refractivity contribution in [2.45, 2.75) is 126 Å². The third-order valence-electron chi connectivity index (χ3n) is 9.77. The molecular weight excluding hydrogens is 516 g/mol. The Balaban J connectivity index is 2.62. The van der Waals surface area contributed by atoms with E-state index in [1.807, 2.05) is 12.1 Å². The van der Waals surface area contributed by atoms with Crippen LogP contribution in [0.25, 0.3) is 0 Å². The molecule has 0 heterocycles. The summed E-state index contributed by atoms with van der Waals surface area (Å²) in [4.78, 5) is 0. The van der Waals surface area contributed by atoms with Gasteiger partial charge in [0.15, 0.2) is 0 Å². The van der Waals surface area contributed by atoms with Crippen LogP contribution in [-0.2, 0) is 10.8 Å². The first-order chi connectivity index (χ1) is 19.5. The van der Waals surface area contributed by atoms with Gasteiger partial charge in [0, 0.05) is 33.1 Å².